The summed E-state index contributed by atoms with van der Waals surface area (Å²) >= 11 is 1.73. The fraction of sp³-hybridized carbons (Fsp3) is 0.350. The Kier molecular flexibility index (Phi) is 6.24. The third kappa shape index (κ3) is 4.95. The molecule has 0 aliphatic heterocycles. The smallest absolute Gasteiger partial charge is 0.192 e. The third-order valence-electron chi connectivity index (χ3n) is 4.58. The number of nitrogens with zero attached hydrogens (tertiary/aromatic N) is 4. The molecule has 0 spiro atoms. The van der Waals surface area contributed by atoms with E-state index in [4.69, 9.17) is 4.99 Å². The topological polar surface area (TPSA) is 67.1 Å². The standard InChI is InChI=1S/C20H26N6S/c1-14-8-5-6-10-18(14)15(2)23-20(21-12-17-9-7-11-27-17)22-13-19-25-24-16(3)26(19)4/h5-11,15H,12-13H2,1-4H3,(H2,21,22,23). The Morgan fingerprint density at radius 1 is 1.19 bits per heavy atom. The van der Waals surface area contributed by atoms with Gasteiger partial charge >= 0.3 is 0 Å². The van der Waals surface area contributed by atoms with Crippen LogP contribution < -0.4 is 10.6 Å². The number of rotatable bonds is 6. The second-order valence-corrected chi connectivity index (χ2v) is 7.58. The third-order valence-corrected chi connectivity index (χ3v) is 5.46. The van der Waals surface area contributed by atoms with E-state index in [1.54, 1.807) is 11.3 Å². The van der Waals surface area contributed by atoms with Crippen LogP contribution in [-0.2, 0) is 20.1 Å². The molecule has 0 aliphatic carbocycles. The van der Waals surface area contributed by atoms with Crippen LogP contribution in [0.15, 0.2) is 46.8 Å². The highest BCUT2D eigenvalue weighted by molar-refractivity contribution is 7.09. The SMILES string of the molecule is Cc1ccccc1C(C)NC(=NCc1nnc(C)n1C)NCc1cccs1. The highest BCUT2D eigenvalue weighted by Crippen LogP contribution is 2.16. The summed E-state index contributed by atoms with van der Waals surface area (Å²) in [5.41, 5.74) is 2.52. The molecular formula is C20H26N6S. The highest BCUT2D eigenvalue weighted by atomic mass is 32.1. The average Bonchev–Trinajstić information content (AvgIpc) is 3.29. The maximum Gasteiger partial charge on any atom is 0.192 e. The maximum absolute atomic E-state index is 4.74. The molecule has 2 N–H and O–H groups in total. The predicted molar refractivity (Wildman–Crippen MR) is 111 cm³/mol. The summed E-state index contributed by atoms with van der Waals surface area (Å²) in [7, 11) is 1.96. The molecule has 2 aromatic heterocycles. The van der Waals surface area contributed by atoms with Gasteiger partial charge in [-0.1, -0.05) is 30.3 Å². The molecule has 27 heavy (non-hydrogen) atoms. The molecule has 7 heteroatoms. The number of aryl methyl sites for hydroxylation is 2. The Morgan fingerprint density at radius 2 is 2.00 bits per heavy atom. The fourth-order valence-electron chi connectivity index (χ4n) is 2.83. The van der Waals surface area contributed by atoms with Crippen molar-refractivity contribution in [2.75, 3.05) is 0 Å². The molecule has 3 aromatic rings. The number of aliphatic imine (C=N–C) groups is 1. The van der Waals surface area contributed by atoms with Crippen LogP contribution >= 0.6 is 11.3 Å². The molecule has 1 atom stereocenters. The van der Waals surface area contributed by atoms with Crippen LogP contribution in [0.3, 0.4) is 0 Å². The van der Waals surface area contributed by atoms with E-state index in [2.05, 4.69) is 76.5 Å². The van der Waals surface area contributed by atoms with Gasteiger partial charge in [0.25, 0.3) is 0 Å². The lowest BCUT2D eigenvalue weighted by Gasteiger charge is -2.20. The summed E-state index contributed by atoms with van der Waals surface area (Å²) in [4.78, 5) is 6.00. The number of aromatic nitrogens is 3. The second kappa shape index (κ2) is 8.81. The van der Waals surface area contributed by atoms with E-state index in [-0.39, 0.29) is 6.04 Å². The molecule has 0 radical (unpaired) electrons. The maximum atomic E-state index is 4.74. The molecule has 0 saturated carbocycles. The first kappa shape index (κ1) is 19.1. The molecule has 1 unspecified atom stereocenters. The summed E-state index contributed by atoms with van der Waals surface area (Å²) in [5.74, 6) is 2.49. The molecule has 0 saturated heterocycles. The van der Waals surface area contributed by atoms with E-state index in [1.807, 2.05) is 18.5 Å². The molecule has 0 amide bonds. The summed E-state index contributed by atoms with van der Waals surface area (Å²) in [6.07, 6.45) is 0. The monoisotopic (exact) mass is 382 g/mol. The molecule has 0 fully saturated rings. The van der Waals surface area contributed by atoms with Gasteiger partial charge in [-0.15, -0.1) is 21.5 Å². The summed E-state index contributed by atoms with van der Waals surface area (Å²) in [5, 5.41) is 17.3. The Labute approximate surface area is 164 Å². The molecule has 0 bridgehead atoms. The largest absolute Gasteiger partial charge is 0.351 e. The Bertz CT molecular complexity index is 897. The molecule has 1 aromatic carbocycles. The number of benzene rings is 1. The van der Waals surface area contributed by atoms with Crippen LogP contribution in [0.5, 0.6) is 0 Å². The average molecular weight is 383 g/mol. The minimum atomic E-state index is 0.141. The predicted octanol–water partition coefficient (Wildman–Crippen LogP) is 3.49. The van der Waals surface area contributed by atoms with Crippen LogP contribution in [0.25, 0.3) is 0 Å². The number of nitrogens with one attached hydrogen (secondary N) is 2. The highest BCUT2D eigenvalue weighted by Gasteiger charge is 2.11. The van der Waals surface area contributed by atoms with E-state index < -0.39 is 0 Å². The van der Waals surface area contributed by atoms with Gasteiger partial charge in [-0.25, -0.2) is 4.99 Å². The lowest BCUT2D eigenvalue weighted by Crippen LogP contribution is -2.38. The van der Waals surface area contributed by atoms with Gasteiger partial charge in [0.15, 0.2) is 11.8 Å². The van der Waals surface area contributed by atoms with Gasteiger partial charge in [0.1, 0.15) is 12.4 Å². The molecule has 142 valence electrons. The number of guanidine groups is 1. The van der Waals surface area contributed by atoms with Crippen LogP contribution in [0, 0.1) is 13.8 Å². The zero-order valence-corrected chi connectivity index (χ0v) is 17.0. The van der Waals surface area contributed by atoms with Gasteiger partial charge < -0.3 is 15.2 Å². The van der Waals surface area contributed by atoms with E-state index in [9.17, 15) is 0 Å². The minimum Gasteiger partial charge on any atom is -0.351 e. The Balaban J connectivity index is 1.75. The zero-order chi connectivity index (χ0) is 19.2. The van der Waals surface area contributed by atoms with Crippen LogP contribution in [0.1, 0.15) is 40.6 Å². The van der Waals surface area contributed by atoms with Gasteiger partial charge in [0.2, 0.25) is 0 Å². The first-order chi connectivity index (χ1) is 13.0. The van der Waals surface area contributed by atoms with Gasteiger partial charge in [-0.05, 0) is 43.3 Å². The van der Waals surface area contributed by atoms with Crippen molar-refractivity contribution < 1.29 is 0 Å². The molecular weight excluding hydrogens is 356 g/mol. The van der Waals surface area contributed by atoms with Crippen LogP contribution in [0.2, 0.25) is 0 Å². The Hall–Kier alpha value is -2.67. The molecule has 2 heterocycles. The van der Waals surface area contributed by atoms with Crippen molar-refractivity contribution in [3.05, 3.63) is 69.4 Å². The quantitative estimate of drug-likeness (QED) is 0.506. The molecule has 6 nitrogen and oxygen atoms in total. The lowest BCUT2D eigenvalue weighted by atomic mass is 10.0. The van der Waals surface area contributed by atoms with Crippen molar-refractivity contribution in [1.82, 2.24) is 25.4 Å². The van der Waals surface area contributed by atoms with Gasteiger partial charge in [0, 0.05) is 11.9 Å². The van der Waals surface area contributed by atoms with Crippen molar-refractivity contribution in [3.8, 4) is 0 Å². The Morgan fingerprint density at radius 3 is 2.67 bits per heavy atom. The van der Waals surface area contributed by atoms with Crippen molar-refractivity contribution >= 4 is 17.3 Å². The lowest BCUT2D eigenvalue weighted by molar-refractivity contribution is 0.674. The number of hydrogen-bond acceptors (Lipinski definition) is 4. The minimum absolute atomic E-state index is 0.141. The van der Waals surface area contributed by atoms with E-state index in [0.29, 0.717) is 6.54 Å². The summed E-state index contributed by atoms with van der Waals surface area (Å²) < 4.78 is 1.96. The van der Waals surface area contributed by atoms with Crippen molar-refractivity contribution in [1.29, 1.82) is 0 Å². The van der Waals surface area contributed by atoms with Crippen molar-refractivity contribution in [2.45, 2.75) is 39.9 Å². The molecule has 0 aliphatic rings. The second-order valence-electron chi connectivity index (χ2n) is 6.54. The van der Waals surface area contributed by atoms with Gasteiger partial charge in [-0.2, -0.15) is 0 Å². The number of hydrogen-bond donors (Lipinski definition) is 2. The number of thiophene rings is 1. The van der Waals surface area contributed by atoms with E-state index >= 15 is 0 Å². The van der Waals surface area contributed by atoms with Crippen LogP contribution in [-0.4, -0.2) is 20.7 Å². The summed E-state index contributed by atoms with van der Waals surface area (Å²) in [6, 6.07) is 12.7. The van der Waals surface area contributed by atoms with Gasteiger partial charge in [-0.3, -0.25) is 0 Å². The summed E-state index contributed by atoms with van der Waals surface area (Å²) in [6.45, 7) is 7.43. The van der Waals surface area contributed by atoms with E-state index in [1.165, 1.54) is 16.0 Å². The van der Waals surface area contributed by atoms with Crippen molar-refractivity contribution in [3.63, 3.8) is 0 Å². The fourth-order valence-corrected chi connectivity index (χ4v) is 3.48. The van der Waals surface area contributed by atoms with Crippen LogP contribution in [0.4, 0.5) is 0 Å². The zero-order valence-electron chi connectivity index (χ0n) is 16.2. The van der Waals surface area contributed by atoms with E-state index in [0.717, 1.165) is 24.2 Å². The first-order valence-corrected chi connectivity index (χ1v) is 9.90. The molecule has 3 rings (SSSR count). The first-order valence-electron chi connectivity index (χ1n) is 9.02. The normalized spacial score (nSPS) is 12.8. The van der Waals surface area contributed by atoms with Gasteiger partial charge in [0.05, 0.1) is 12.6 Å². The van der Waals surface area contributed by atoms with Crippen molar-refractivity contribution in [2.24, 2.45) is 12.0 Å².